The van der Waals surface area contributed by atoms with Crippen molar-refractivity contribution in [2.45, 2.75) is 42.7 Å². The van der Waals surface area contributed by atoms with Gasteiger partial charge in [0.15, 0.2) is 0 Å². The fourth-order valence-corrected chi connectivity index (χ4v) is 3.93. The van der Waals surface area contributed by atoms with Crippen LogP contribution >= 0.6 is 15.9 Å². The zero-order valence-electron chi connectivity index (χ0n) is 10.7. The molecule has 1 amide bonds. The van der Waals surface area contributed by atoms with Crippen molar-refractivity contribution < 1.29 is 9.53 Å². The number of hydrogen-bond donors (Lipinski definition) is 0. The summed E-state index contributed by atoms with van der Waals surface area (Å²) in [5.41, 5.74) is 0. The van der Waals surface area contributed by atoms with E-state index in [4.69, 9.17) is 4.74 Å². The molecule has 3 aliphatic rings. The van der Waals surface area contributed by atoms with Crippen molar-refractivity contribution in [1.82, 2.24) is 9.80 Å². The molecule has 0 radical (unpaired) electrons. The van der Waals surface area contributed by atoms with Crippen LogP contribution in [-0.2, 0) is 9.53 Å². The standard InChI is InChI=1S/C13H21BrN2O2/c14-12-4-2-6-16(13(12)17)8-11-7-15-5-1-3-10(15)9-18-11/h10-12H,1-9H2. The third-order valence-electron chi connectivity index (χ3n) is 4.35. The molecule has 0 saturated carbocycles. The van der Waals surface area contributed by atoms with Crippen LogP contribution in [0.25, 0.3) is 0 Å². The van der Waals surface area contributed by atoms with Crippen LogP contribution in [0, 0.1) is 0 Å². The number of likely N-dealkylation sites (tertiary alicyclic amines) is 1. The second-order valence-electron chi connectivity index (χ2n) is 5.64. The Balaban J connectivity index is 1.54. The topological polar surface area (TPSA) is 32.8 Å². The Bertz CT molecular complexity index is 326. The van der Waals surface area contributed by atoms with Gasteiger partial charge >= 0.3 is 0 Å². The van der Waals surface area contributed by atoms with E-state index in [1.165, 1.54) is 19.4 Å². The van der Waals surface area contributed by atoms with Gasteiger partial charge in [0.2, 0.25) is 5.91 Å². The molecular weight excluding hydrogens is 296 g/mol. The predicted octanol–water partition coefficient (Wildman–Crippen LogP) is 1.24. The predicted molar refractivity (Wildman–Crippen MR) is 72.9 cm³/mol. The lowest BCUT2D eigenvalue weighted by Gasteiger charge is -2.39. The van der Waals surface area contributed by atoms with Crippen LogP contribution in [0.15, 0.2) is 0 Å². The molecule has 0 bridgehead atoms. The fourth-order valence-electron chi connectivity index (χ4n) is 3.32. The minimum Gasteiger partial charge on any atom is -0.373 e. The van der Waals surface area contributed by atoms with E-state index in [0.29, 0.717) is 6.04 Å². The van der Waals surface area contributed by atoms with E-state index in [1.54, 1.807) is 0 Å². The zero-order valence-corrected chi connectivity index (χ0v) is 12.3. The van der Waals surface area contributed by atoms with Crippen LogP contribution in [0.4, 0.5) is 0 Å². The number of carbonyl (C=O) groups excluding carboxylic acids is 1. The molecule has 0 aromatic rings. The van der Waals surface area contributed by atoms with Crippen LogP contribution in [0.2, 0.25) is 0 Å². The number of fused-ring (bicyclic) bond motifs is 1. The van der Waals surface area contributed by atoms with Crippen molar-refractivity contribution in [1.29, 1.82) is 0 Å². The highest BCUT2D eigenvalue weighted by molar-refractivity contribution is 9.10. The number of ether oxygens (including phenoxy) is 1. The Morgan fingerprint density at radius 1 is 1.28 bits per heavy atom. The molecule has 3 fully saturated rings. The normalized spacial score (nSPS) is 37.9. The maximum Gasteiger partial charge on any atom is 0.236 e. The third kappa shape index (κ3) is 2.58. The molecule has 3 rings (SSSR count). The Morgan fingerprint density at radius 2 is 2.11 bits per heavy atom. The van der Waals surface area contributed by atoms with Crippen LogP contribution in [-0.4, -0.2) is 65.5 Å². The molecule has 3 aliphatic heterocycles. The number of rotatable bonds is 2. The zero-order chi connectivity index (χ0) is 12.5. The van der Waals surface area contributed by atoms with Gasteiger partial charge in [-0.3, -0.25) is 9.69 Å². The second-order valence-corrected chi connectivity index (χ2v) is 6.75. The van der Waals surface area contributed by atoms with Crippen molar-refractivity contribution in [2.75, 3.05) is 32.8 Å². The monoisotopic (exact) mass is 316 g/mol. The van der Waals surface area contributed by atoms with Crippen molar-refractivity contribution in [3.05, 3.63) is 0 Å². The molecule has 18 heavy (non-hydrogen) atoms. The molecule has 0 spiro atoms. The minimum absolute atomic E-state index is 0.0226. The van der Waals surface area contributed by atoms with Gasteiger partial charge in [0.05, 0.1) is 17.5 Å². The van der Waals surface area contributed by atoms with E-state index < -0.39 is 0 Å². The average Bonchev–Trinajstić information content (AvgIpc) is 2.82. The van der Waals surface area contributed by atoms with Crippen molar-refractivity contribution in [3.8, 4) is 0 Å². The Morgan fingerprint density at radius 3 is 3.00 bits per heavy atom. The number of morpholine rings is 1. The number of carbonyl (C=O) groups is 1. The van der Waals surface area contributed by atoms with E-state index in [1.807, 2.05) is 4.90 Å². The summed E-state index contributed by atoms with van der Waals surface area (Å²) in [4.78, 5) is 16.6. The Labute approximate surface area is 117 Å². The summed E-state index contributed by atoms with van der Waals surface area (Å²) in [6, 6.07) is 0.641. The van der Waals surface area contributed by atoms with Gasteiger partial charge in [-0.15, -0.1) is 0 Å². The first-order chi connectivity index (χ1) is 8.74. The molecule has 0 N–H and O–H groups in total. The summed E-state index contributed by atoms with van der Waals surface area (Å²) in [6.07, 6.45) is 4.85. The maximum absolute atomic E-state index is 12.0. The van der Waals surface area contributed by atoms with Crippen molar-refractivity contribution in [3.63, 3.8) is 0 Å². The molecule has 3 heterocycles. The molecule has 102 valence electrons. The van der Waals surface area contributed by atoms with Crippen LogP contribution in [0.1, 0.15) is 25.7 Å². The Hall–Kier alpha value is -0.130. The number of halogens is 1. The van der Waals surface area contributed by atoms with Crippen molar-refractivity contribution in [2.24, 2.45) is 0 Å². The highest BCUT2D eigenvalue weighted by atomic mass is 79.9. The number of alkyl halides is 1. The quantitative estimate of drug-likeness (QED) is 0.719. The fraction of sp³-hybridized carbons (Fsp3) is 0.923. The van der Waals surface area contributed by atoms with Gasteiger partial charge in [0, 0.05) is 25.7 Å². The molecule has 5 heteroatoms. The maximum atomic E-state index is 12.0. The number of amides is 1. The first-order valence-electron chi connectivity index (χ1n) is 7.02. The van der Waals surface area contributed by atoms with Gasteiger partial charge in [0.25, 0.3) is 0 Å². The number of piperidine rings is 1. The first kappa shape index (κ1) is 12.9. The lowest BCUT2D eigenvalue weighted by molar-refractivity contribution is -0.136. The van der Waals surface area contributed by atoms with Gasteiger partial charge < -0.3 is 9.64 Å². The second kappa shape index (κ2) is 5.47. The molecule has 0 aliphatic carbocycles. The van der Waals surface area contributed by atoms with Crippen LogP contribution in [0.5, 0.6) is 0 Å². The molecule has 0 aromatic heterocycles. The highest BCUT2D eigenvalue weighted by Gasteiger charge is 2.35. The summed E-state index contributed by atoms with van der Waals surface area (Å²) in [5, 5.41) is 0. The van der Waals surface area contributed by atoms with Gasteiger partial charge in [-0.25, -0.2) is 0 Å². The van der Waals surface area contributed by atoms with E-state index in [2.05, 4.69) is 20.8 Å². The summed E-state index contributed by atoms with van der Waals surface area (Å²) < 4.78 is 5.93. The number of hydrogen-bond acceptors (Lipinski definition) is 3. The van der Waals surface area contributed by atoms with E-state index in [9.17, 15) is 4.79 Å². The smallest absolute Gasteiger partial charge is 0.236 e. The lowest BCUT2D eigenvalue weighted by Crippen LogP contribution is -2.53. The third-order valence-corrected chi connectivity index (χ3v) is 5.20. The van der Waals surface area contributed by atoms with E-state index in [0.717, 1.165) is 39.1 Å². The first-order valence-corrected chi connectivity index (χ1v) is 7.94. The van der Waals surface area contributed by atoms with Gasteiger partial charge in [-0.05, 0) is 32.2 Å². The minimum atomic E-state index is 0.0226. The largest absolute Gasteiger partial charge is 0.373 e. The van der Waals surface area contributed by atoms with E-state index in [-0.39, 0.29) is 16.8 Å². The highest BCUT2D eigenvalue weighted by Crippen LogP contribution is 2.24. The van der Waals surface area contributed by atoms with Crippen LogP contribution in [0.3, 0.4) is 0 Å². The van der Waals surface area contributed by atoms with Gasteiger partial charge in [-0.1, -0.05) is 15.9 Å². The summed E-state index contributed by atoms with van der Waals surface area (Å²) in [5.74, 6) is 0.244. The summed E-state index contributed by atoms with van der Waals surface area (Å²) >= 11 is 3.46. The van der Waals surface area contributed by atoms with E-state index >= 15 is 0 Å². The molecule has 3 saturated heterocycles. The van der Waals surface area contributed by atoms with Crippen molar-refractivity contribution >= 4 is 21.8 Å². The Kier molecular flexibility index (Phi) is 3.91. The lowest BCUT2D eigenvalue weighted by atomic mass is 10.1. The molecule has 0 aromatic carbocycles. The van der Waals surface area contributed by atoms with Crippen LogP contribution < -0.4 is 0 Å². The van der Waals surface area contributed by atoms with Gasteiger partial charge in [0.1, 0.15) is 0 Å². The average molecular weight is 317 g/mol. The molecule has 3 atom stereocenters. The molecule has 4 nitrogen and oxygen atoms in total. The SMILES string of the molecule is O=C1C(Br)CCCN1CC1CN2CCCC2CO1. The molecule has 3 unspecified atom stereocenters. The summed E-state index contributed by atoms with van der Waals surface area (Å²) in [6.45, 7) is 4.72. The van der Waals surface area contributed by atoms with Gasteiger partial charge in [-0.2, -0.15) is 0 Å². The number of nitrogens with zero attached hydrogens (tertiary/aromatic N) is 2. The molecular formula is C13H21BrN2O2. The summed E-state index contributed by atoms with van der Waals surface area (Å²) in [7, 11) is 0.